The molecule has 0 spiro atoms. The predicted octanol–water partition coefficient (Wildman–Crippen LogP) is 0.312. The van der Waals surface area contributed by atoms with Gasteiger partial charge in [0.05, 0.1) is 17.6 Å². The molecule has 1 N–H and O–H groups in total. The van der Waals surface area contributed by atoms with Crippen LogP contribution in [0.5, 0.6) is 5.75 Å². The van der Waals surface area contributed by atoms with Gasteiger partial charge in [-0.15, -0.1) is 0 Å². The average Bonchev–Trinajstić information content (AvgIpc) is 2.97. The van der Waals surface area contributed by atoms with Gasteiger partial charge in [-0.1, -0.05) is 0 Å². The second-order valence-electron chi connectivity index (χ2n) is 4.50. The predicted molar refractivity (Wildman–Crippen MR) is 75.0 cm³/mol. The number of ether oxygens (including phenoxy) is 2. The van der Waals surface area contributed by atoms with E-state index in [-0.39, 0.29) is 17.9 Å². The van der Waals surface area contributed by atoms with E-state index < -0.39 is 35.1 Å². The van der Waals surface area contributed by atoms with Crippen molar-refractivity contribution >= 4 is 23.6 Å². The van der Waals surface area contributed by atoms with E-state index >= 15 is 0 Å². The molecule has 10 nitrogen and oxygen atoms in total. The fourth-order valence-electron chi connectivity index (χ4n) is 1.96. The minimum atomic E-state index is -0.913. The topological polar surface area (TPSA) is 128 Å². The Kier molecular flexibility index (Phi) is 4.74. The number of methoxy groups -OCH3 is 1. The van der Waals surface area contributed by atoms with E-state index in [1.165, 1.54) is 19.2 Å². The summed E-state index contributed by atoms with van der Waals surface area (Å²) in [7, 11) is 1.26. The van der Waals surface area contributed by atoms with Crippen LogP contribution in [0.4, 0.5) is 10.5 Å². The van der Waals surface area contributed by atoms with Gasteiger partial charge < -0.3 is 14.8 Å². The lowest BCUT2D eigenvalue weighted by Crippen LogP contribution is -2.37. The van der Waals surface area contributed by atoms with Crippen LogP contribution in [-0.2, 0) is 9.53 Å². The number of carbonyl (C=O) groups excluding carboxylic acids is 3. The van der Waals surface area contributed by atoms with Crippen LogP contribution in [0.3, 0.4) is 0 Å². The van der Waals surface area contributed by atoms with Crippen molar-refractivity contribution in [3.63, 3.8) is 0 Å². The molecular formula is C13H13N3O7. The van der Waals surface area contributed by atoms with Gasteiger partial charge in [-0.25, -0.2) is 9.59 Å². The fourth-order valence-corrected chi connectivity index (χ4v) is 1.96. The van der Waals surface area contributed by atoms with Crippen LogP contribution in [0.25, 0.3) is 0 Å². The highest BCUT2D eigenvalue weighted by atomic mass is 16.6. The van der Waals surface area contributed by atoms with Crippen molar-refractivity contribution < 1.29 is 28.8 Å². The first kappa shape index (κ1) is 16.2. The fraction of sp³-hybridized carbons (Fsp3) is 0.308. The molecule has 1 aliphatic rings. The first-order valence-electron chi connectivity index (χ1n) is 6.51. The zero-order valence-corrected chi connectivity index (χ0v) is 12.1. The molecule has 122 valence electrons. The third kappa shape index (κ3) is 3.54. The van der Waals surface area contributed by atoms with Gasteiger partial charge in [-0.3, -0.25) is 19.8 Å². The molecule has 1 aromatic carbocycles. The van der Waals surface area contributed by atoms with Crippen molar-refractivity contribution in [2.75, 3.05) is 26.8 Å². The summed E-state index contributed by atoms with van der Waals surface area (Å²) in [5.74, 6) is -1.59. The Morgan fingerprint density at radius 3 is 2.74 bits per heavy atom. The smallest absolute Gasteiger partial charge is 0.338 e. The SMILES string of the molecule is COc1ccc(C(=O)OCC(=O)N2CCNC2=O)cc1[N+](=O)[O-]. The summed E-state index contributed by atoms with van der Waals surface area (Å²) in [5.41, 5.74) is -0.497. The first-order chi connectivity index (χ1) is 10.9. The minimum absolute atomic E-state index is 0.00337. The van der Waals surface area contributed by atoms with Crippen molar-refractivity contribution in [1.82, 2.24) is 10.2 Å². The Morgan fingerprint density at radius 1 is 1.43 bits per heavy atom. The van der Waals surface area contributed by atoms with Crippen molar-refractivity contribution in [2.24, 2.45) is 0 Å². The molecular weight excluding hydrogens is 310 g/mol. The Bertz CT molecular complexity index is 674. The number of esters is 1. The highest BCUT2D eigenvalue weighted by molar-refractivity contribution is 5.98. The summed E-state index contributed by atoms with van der Waals surface area (Å²) in [5, 5.41) is 13.3. The molecule has 1 saturated heterocycles. The van der Waals surface area contributed by atoms with E-state index in [0.717, 1.165) is 11.0 Å². The summed E-state index contributed by atoms with van der Waals surface area (Å²) in [6, 6.07) is 2.98. The Balaban J connectivity index is 2.03. The number of nitrogens with zero attached hydrogens (tertiary/aromatic N) is 2. The number of hydrogen-bond acceptors (Lipinski definition) is 7. The van der Waals surface area contributed by atoms with E-state index in [1.807, 2.05) is 0 Å². The van der Waals surface area contributed by atoms with Gasteiger partial charge in [-0.05, 0) is 12.1 Å². The lowest BCUT2D eigenvalue weighted by Gasteiger charge is -2.12. The van der Waals surface area contributed by atoms with Crippen LogP contribution in [0.2, 0.25) is 0 Å². The molecule has 3 amide bonds. The number of urea groups is 1. The quantitative estimate of drug-likeness (QED) is 0.469. The van der Waals surface area contributed by atoms with Crippen LogP contribution in [-0.4, -0.2) is 54.5 Å². The van der Waals surface area contributed by atoms with Gasteiger partial charge >= 0.3 is 17.7 Å². The highest BCUT2D eigenvalue weighted by Crippen LogP contribution is 2.27. The number of benzene rings is 1. The monoisotopic (exact) mass is 323 g/mol. The van der Waals surface area contributed by atoms with Crippen molar-refractivity contribution in [1.29, 1.82) is 0 Å². The lowest BCUT2D eigenvalue weighted by atomic mass is 10.2. The number of amides is 3. The number of rotatable bonds is 5. The molecule has 10 heteroatoms. The summed E-state index contributed by atoms with van der Waals surface area (Å²) in [4.78, 5) is 46.0. The van der Waals surface area contributed by atoms with Gasteiger partial charge in [-0.2, -0.15) is 0 Å². The van der Waals surface area contributed by atoms with Crippen LogP contribution in [0.1, 0.15) is 10.4 Å². The van der Waals surface area contributed by atoms with Gasteiger partial charge in [0, 0.05) is 19.2 Å². The van der Waals surface area contributed by atoms with Gasteiger partial charge in [0.1, 0.15) is 0 Å². The van der Waals surface area contributed by atoms with Gasteiger partial charge in [0.25, 0.3) is 5.91 Å². The standard InChI is InChI=1S/C13H13N3O7/c1-22-10-3-2-8(6-9(10)16(20)21)12(18)23-7-11(17)15-5-4-14-13(15)19/h2-3,6H,4-5,7H2,1H3,(H,14,19). The zero-order valence-electron chi connectivity index (χ0n) is 12.1. The molecule has 0 unspecified atom stereocenters. The third-order valence-corrected chi connectivity index (χ3v) is 3.10. The minimum Gasteiger partial charge on any atom is -0.490 e. The molecule has 23 heavy (non-hydrogen) atoms. The molecule has 1 fully saturated rings. The molecule has 0 radical (unpaired) electrons. The number of nitro benzene ring substituents is 1. The molecule has 0 saturated carbocycles. The average molecular weight is 323 g/mol. The summed E-state index contributed by atoms with van der Waals surface area (Å²) in [6.07, 6.45) is 0. The van der Waals surface area contributed by atoms with Crippen molar-refractivity contribution in [3.8, 4) is 5.75 Å². The number of hydrogen-bond donors (Lipinski definition) is 1. The number of nitro groups is 1. The molecule has 1 aromatic rings. The largest absolute Gasteiger partial charge is 0.490 e. The van der Waals surface area contributed by atoms with E-state index in [4.69, 9.17) is 9.47 Å². The molecule has 0 bridgehead atoms. The maximum atomic E-state index is 11.9. The van der Waals surface area contributed by atoms with Crippen LogP contribution < -0.4 is 10.1 Å². The van der Waals surface area contributed by atoms with Crippen LogP contribution >= 0.6 is 0 Å². The summed E-state index contributed by atoms with van der Waals surface area (Å²) in [6.45, 7) is -0.0987. The first-order valence-corrected chi connectivity index (χ1v) is 6.51. The maximum absolute atomic E-state index is 11.9. The molecule has 2 rings (SSSR count). The molecule has 1 aliphatic heterocycles. The highest BCUT2D eigenvalue weighted by Gasteiger charge is 2.27. The van der Waals surface area contributed by atoms with E-state index in [0.29, 0.717) is 6.54 Å². The molecule has 0 atom stereocenters. The molecule has 1 heterocycles. The van der Waals surface area contributed by atoms with E-state index in [9.17, 15) is 24.5 Å². The maximum Gasteiger partial charge on any atom is 0.338 e. The van der Waals surface area contributed by atoms with Gasteiger partial charge in [0.2, 0.25) is 0 Å². The zero-order chi connectivity index (χ0) is 17.0. The van der Waals surface area contributed by atoms with Gasteiger partial charge in [0.15, 0.2) is 12.4 Å². The molecule has 0 aromatic heterocycles. The summed E-state index contributed by atoms with van der Waals surface area (Å²) >= 11 is 0. The second-order valence-corrected chi connectivity index (χ2v) is 4.50. The van der Waals surface area contributed by atoms with Crippen molar-refractivity contribution in [2.45, 2.75) is 0 Å². The van der Waals surface area contributed by atoms with Crippen molar-refractivity contribution in [3.05, 3.63) is 33.9 Å². The van der Waals surface area contributed by atoms with Crippen LogP contribution in [0, 0.1) is 10.1 Å². The van der Waals surface area contributed by atoms with Crippen LogP contribution in [0.15, 0.2) is 18.2 Å². The molecule has 0 aliphatic carbocycles. The Labute approximate surface area is 130 Å². The Hall–Kier alpha value is -3.17. The van der Waals surface area contributed by atoms with E-state index in [1.54, 1.807) is 0 Å². The third-order valence-electron chi connectivity index (χ3n) is 3.10. The van der Waals surface area contributed by atoms with E-state index in [2.05, 4.69) is 5.32 Å². The lowest BCUT2D eigenvalue weighted by molar-refractivity contribution is -0.385. The second kappa shape index (κ2) is 6.73. The summed E-state index contributed by atoms with van der Waals surface area (Å²) < 4.78 is 9.61. The number of carbonyl (C=O) groups is 3. The normalized spacial score (nSPS) is 13.4. The number of nitrogens with one attached hydrogen (secondary N) is 1. The number of imide groups is 1. The Morgan fingerprint density at radius 2 is 2.17 bits per heavy atom.